The number of hydrogen-bond donors (Lipinski definition) is 1. The molecule has 14 heavy (non-hydrogen) atoms. The Morgan fingerprint density at radius 2 is 1.71 bits per heavy atom. The van der Waals surface area contributed by atoms with Crippen molar-refractivity contribution in [1.29, 1.82) is 0 Å². The molecular weight excluding hydrogens is 178 g/mol. The van der Waals surface area contributed by atoms with Crippen LogP contribution in [0.5, 0.6) is 0 Å². The molecule has 1 aliphatic heterocycles. The van der Waals surface area contributed by atoms with Gasteiger partial charge in [0.15, 0.2) is 5.78 Å². The van der Waals surface area contributed by atoms with Crippen LogP contribution in [-0.2, 0) is 4.79 Å². The fraction of sp³-hybridized carbons (Fsp3) is 0. The minimum atomic E-state index is -0.0958. The van der Waals surface area contributed by atoms with Crippen LogP contribution in [0.2, 0.25) is 0 Å². The lowest BCUT2D eigenvalue weighted by Crippen LogP contribution is -2.16. The molecule has 1 N–H and O–H groups in total. The molecule has 0 aromatic heterocycles. The average molecular weight is 187 g/mol. The largest absolute Gasteiger partial charge is 0.289 e. The SMILES string of the molecule is O=C1C=CC=CC1=C1C=CC=CN1O. The van der Waals surface area contributed by atoms with Crippen molar-refractivity contribution in [2.24, 2.45) is 0 Å². The van der Waals surface area contributed by atoms with E-state index >= 15 is 0 Å². The Hall–Kier alpha value is -1.87. The molecule has 0 aromatic carbocycles. The number of rotatable bonds is 0. The van der Waals surface area contributed by atoms with Gasteiger partial charge in [-0.2, -0.15) is 0 Å². The fourth-order valence-electron chi connectivity index (χ4n) is 1.33. The van der Waals surface area contributed by atoms with Gasteiger partial charge in [-0.15, -0.1) is 0 Å². The number of carbonyl (C=O) groups is 1. The summed E-state index contributed by atoms with van der Waals surface area (Å²) in [7, 11) is 0. The van der Waals surface area contributed by atoms with Gasteiger partial charge in [0.25, 0.3) is 0 Å². The van der Waals surface area contributed by atoms with Gasteiger partial charge in [0, 0.05) is 11.8 Å². The van der Waals surface area contributed by atoms with Gasteiger partial charge in [-0.05, 0) is 24.3 Å². The first-order valence-corrected chi connectivity index (χ1v) is 4.25. The van der Waals surface area contributed by atoms with E-state index in [0.717, 1.165) is 5.06 Å². The maximum atomic E-state index is 11.4. The maximum absolute atomic E-state index is 11.4. The molecule has 3 heteroatoms. The third-order valence-corrected chi connectivity index (χ3v) is 2.00. The van der Waals surface area contributed by atoms with E-state index in [2.05, 4.69) is 0 Å². The number of carbonyl (C=O) groups excluding carboxylic acids is 1. The van der Waals surface area contributed by atoms with Crippen molar-refractivity contribution in [2.75, 3.05) is 0 Å². The lowest BCUT2D eigenvalue weighted by Gasteiger charge is -2.18. The highest BCUT2D eigenvalue weighted by atomic mass is 16.5. The quantitative estimate of drug-likeness (QED) is 0.587. The second-order valence-corrected chi connectivity index (χ2v) is 2.93. The topological polar surface area (TPSA) is 40.5 Å². The van der Waals surface area contributed by atoms with E-state index in [1.807, 2.05) is 0 Å². The van der Waals surface area contributed by atoms with Gasteiger partial charge in [0.2, 0.25) is 0 Å². The summed E-state index contributed by atoms with van der Waals surface area (Å²) in [6.45, 7) is 0. The first kappa shape index (κ1) is 8.72. The summed E-state index contributed by atoms with van der Waals surface area (Å²) >= 11 is 0. The molecule has 0 atom stereocenters. The van der Waals surface area contributed by atoms with Crippen molar-refractivity contribution in [3.8, 4) is 0 Å². The zero-order valence-electron chi connectivity index (χ0n) is 7.42. The molecule has 0 saturated heterocycles. The standard InChI is InChI=1S/C11H9NO2/c13-11-7-2-1-5-9(11)10-6-3-4-8-12(10)14/h1-8,14H. The van der Waals surface area contributed by atoms with Crippen LogP contribution in [0.1, 0.15) is 0 Å². The summed E-state index contributed by atoms with van der Waals surface area (Å²) in [5, 5.41) is 10.4. The average Bonchev–Trinajstić information content (AvgIpc) is 2.20. The van der Waals surface area contributed by atoms with E-state index in [4.69, 9.17) is 0 Å². The monoisotopic (exact) mass is 187 g/mol. The van der Waals surface area contributed by atoms with E-state index in [9.17, 15) is 10.0 Å². The number of hydrogen-bond acceptors (Lipinski definition) is 3. The van der Waals surface area contributed by atoms with Crippen molar-refractivity contribution in [2.45, 2.75) is 0 Å². The highest BCUT2D eigenvalue weighted by Crippen LogP contribution is 2.18. The van der Waals surface area contributed by atoms with Gasteiger partial charge in [-0.25, -0.2) is 5.06 Å². The van der Waals surface area contributed by atoms with Gasteiger partial charge >= 0.3 is 0 Å². The van der Waals surface area contributed by atoms with Crippen molar-refractivity contribution < 1.29 is 10.0 Å². The second kappa shape index (κ2) is 3.47. The molecule has 0 saturated carbocycles. The molecule has 1 heterocycles. The molecule has 0 aromatic rings. The molecular formula is C11H9NO2. The maximum Gasteiger partial charge on any atom is 0.188 e. The molecule has 0 radical (unpaired) electrons. The summed E-state index contributed by atoms with van der Waals surface area (Å²) in [6, 6.07) is 0. The van der Waals surface area contributed by atoms with Crippen LogP contribution in [0.4, 0.5) is 0 Å². The molecule has 0 amide bonds. The summed E-state index contributed by atoms with van der Waals surface area (Å²) in [4.78, 5) is 11.4. The predicted molar refractivity (Wildman–Crippen MR) is 52.2 cm³/mol. The fourth-order valence-corrected chi connectivity index (χ4v) is 1.33. The summed E-state index contributed by atoms with van der Waals surface area (Å²) in [6.07, 6.45) is 13.2. The van der Waals surface area contributed by atoms with Crippen LogP contribution in [0, 0.1) is 0 Å². The molecule has 70 valence electrons. The molecule has 0 fully saturated rings. The Kier molecular flexibility index (Phi) is 2.16. The Labute approximate surface area is 81.6 Å². The normalized spacial score (nSPS) is 24.9. The van der Waals surface area contributed by atoms with Gasteiger partial charge in [0.1, 0.15) is 0 Å². The molecule has 0 unspecified atom stereocenters. The molecule has 2 aliphatic rings. The highest BCUT2D eigenvalue weighted by molar-refractivity contribution is 6.08. The third kappa shape index (κ3) is 1.45. The van der Waals surface area contributed by atoms with Gasteiger partial charge in [-0.3, -0.25) is 10.0 Å². The van der Waals surface area contributed by atoms with E-state index < -0.39 is 0 Å². The number of ketones is 1. The third-order valence-electron chi connectivity index (χ3n) is 2.00. The summed E-state index contributed by atoms with van der Waals surface area (Å²) in [5.41, 5.74) is 0.994. The molecule has 0 bridgehead atoms. The van der Waals surface area contributed by atoms with Crippen LogP contribution in [-0.4, -0.2) is 16.1 Å². The van der Waals surface area contributed by atoms with Crippen molar-refractivity contribution in [1.82, 2.24) is 5.06 Å². The number of allylic oxidation sites excluding steroid dienone is 8. The zero-order valence-corrected chi connectivity index (χ0v) is 7.42. The van der Waals surface area contributed by atoms with Gasteiger partial charge < -0.3 is 0 Å². The Morgan fingerprint density at radius 1 is 1.00 bits per heavy atom. The van der Waals surface area contributed by atoms with E-state index in [0.29, 0.717) is 11.3 Å². The first-order valence-electron chi connectivity index (χ1n) is 4.25. The van der Waals surface area contributed by atoms with E-state index in [-0.39, 0.29) is 5.78 Å². The minimum absolute atomic E-state index is 0.0958. The second-order valence-electron chi connectivity index (χ2n) is 2.93. The van der Waals surface area contributed by atoms with Crippen LogP contribution in [0.3, 0.4) is 0 Å². The van der Waals surface area contributed by atoms with Crippen molar-refractivity contribution in [3.63, 3.8) is 0 Å². The molecule has 3 nitrogen and oxygen atoms in total. The lowest BCUT2D eigenvalue weighted by molar-refractivity contribution is -0.111. The highest BCUT2D eigenvalue weighted by Gasteiger charge is 2.14. The van der Waals surface area contributed by atoms with Gasteiger partial charge in [0.05, 0.1) is 5.70 Å². The Bertz CT molecular complexity index is 411. The lowest BCUT2D eigenvalue weighted by atomic mass is 10.0. The molecule has 2 rings (SSSR count). The van der Waals surface area contributed by atoms with E-state index in [1.54, 1.807) is 36.5 Å². The molecule has 1 aliphatic carbocycles. The molecule has 0 spiro atoms. The van der Waals surface area contributed by atoms with Crippen LogP contribution < -0.4 is 0 Å². The van der Waals surface area contributed by atoms with Crippen molar-refractivity contribution >= 4 is 5.78 Å². The zero-order chi connectivity index (χ0) is 9.97. The van der Waals surface area contributed by atoms with Crippen LogP contribution in [0.15, 0.2) is 60.0 Å². The summed E-state index contributed by atoms with van der Waals surface area (Å²) in [5.74, 6) is -0.0958. The van der Waals surface area contributed by atoms with E-state index in [1.165, 1.54) is 12.3 Å². The number of nitrogens with zero attached hydrogens (tertiary/aromatic N) is 1. The minimum Gasteiger partial charge on any atom is -0.289 e. The first-order chi connectivity index (χ1) is 6.79. The van der Waals surface area contributed by atoms with Crippen LogP contribution in [0.25, 0.3) is 0 Å². The predicted octanol–water partition coefficient (Wildman–Crippen LogP) is 1.71. The Morgan fingerprint density at radius 3 is 2.43 bits per heavy atom. The Balaban J connectivity index is 2.44. The smallest absolute Gasteiger partial charge is 0.188 e. The van der Waals surface area contributed by atoms with Crippen LogP contribution >= 0.6 is 0 Å². The van der Waals surface area contributed by atoms with Crippen molar-refractivity contribution in [3.05, 3.63) is 60.0 Å². The summed E-state index contributed by atoms with van der Waals surface area (Å²) < 4.78 is 0. The number of hydroxylamine groups is 2. The van der Waals surface area contributed by atoms with Gasteiger partial charge in [-0.1, -0.05) is 18.2 Å².